The molecular weight excluding hydrogens is 1690 g/mol. The standard InChI is InChI=1S/C20H23NO4.C15H16BrNO3.C15H17NO3.C14H16N2O6.C8H12O3.C6H5ClN2O3.C5H8O.CH3F.CH4O.BHNS/c1-5-25-19(23)17-14(12-6-7-12)10-15-16(17)13(8-9-20(2,3)24)11-21(4)18(15)22;1-3-20-15(19)13-9(8-4-5-8)6-10-12(13)11(16)7-17(2)14(10)18;1-3-19-15(18)13-10-6-7-16(2)14(17)12(10)8-11(13)9-4-5-9;1-3-22-14(19)10(12(17)8-4-5-8)9-6-7-15(2)13(18)11(9)16(20)21;1-2-11-8(10)5-7(9)6-3-4-6;1-8-3-2-4(7)5(6(8)10)9(11)12;1-4-5(2,3)6;2*1-2;1-2-3/h11-12,24H,5-7,10H2,1-4H3;7-8H,3-6H2,1-2H3;6-7,9H,3-5,8H2,1-2H3;6-8,10H,3-5H2,1-2H3;6H,2-5H2,1H3;2-3H,1H3;1,6H,2-3H3;1H3;2H,1H3;3H/i;;;;;;;1D;;. The number of nitro groups is 2. The molecule has 0 saturated heterocycles. The Kier molecular flexibility index (Phi) is 39.9. The van der Waals surface area contributed by atoms with Crippen molar-refractivity contribution in [1.82, 2.24) is 22.8 Å². The predicted molar refractivity (Wildman–Crippen MR) is 461 cm³/mol. The van der Waals surface area contributed by atoms with Gasteiger partial charge in [-0.2, -0.15) is 0 Å². The van der Waals surface area contributed by atoms with Gasteiger partial charge in [-0.15, -0.1) is 6.42 Å². The molecule has 0 amide bonds. The molecule has 122 heavy (non-hydrogen) atoms. The van der Waals surface area contributed by atoms with Gasteiger partial charge in [0.2, 0.25) is 0 Å². The number of hydrogen-bond donors (Lipinski definition) is 4. The molecule has 0 spiro atoms. The molecule has 13 rings (SSSR count). The van der Waals surface area contributed by atoms with Crippen molar-refractivity contribution < 1.29 is 88.2 Å². The number of nitrogens with zero attached hydrogens (tertiary/aromatic N) is 8. The number of ether oxygens (including phenoxy) is 5. The molecule has 0 bridgehead atoms. The third-order valence-corrected chi connectivity index (χ3v) is 20.1. The summed E-state index contributed by atoms with van der Waals surface area (Å²) in [4.78, 5) is 163. The van der Waals surface area contributed by atoms with Crippen LogP contribution in [0.5, 0.6) is 0 Å². The molecule has 659 valence electrons. The van der Waals surface area contributed by atoms with Gasteiger partial charge in [-0.3, -0.25) is 67.8 Å². The Morgan fingerprint density at radius 2 is 0.992 bits per heavy atom. The van der Waals surface area contributed by atoms with Crippen LogP contribution in [0.15, 0.2) is 98.6 Å². The Hall–Kier alpha value is -10.6. The number of allylic oxidation sites excluding steroid dienone is 3. The number of hydrogen-bond acceptors (Lipinski definition) is 26. The van der Waals surface area contributed by atoms with E-state index in [0.717, 1.165) is 105 Å². The molecule has 8 aliphatic rings. The fourth-order valence-corrected chi connectivity index (χ4v) is 13.7. The van der Waals surface area contributed by atoms with Crippen LogP contribution in [0.2, 0.25) is 5.02 Å². The number of fused-ring (bicyclic) bond motifs is 3. The Morgan fingerprint density at radius 1 is 0.615 bits per heavy atom. The maximum atomic E-state index is 12.6. The van der Waals surface area contributed by atoms with Crippen molar-refractivity contribution in [2.45, 2.75) is 169 Å². The second-order valence-electron chi connectivity index (χ2n) is 29.6. The van der Waals surface area contributed by atoms with E-state index in [0.29, 0.717) is 109 Å². The number of pyridine rings is 5. The number of aliphatic hydroxyl groups excluding tert-OH is 1. The molecule has 5 heterocycles. The Morgan fingerprint density at radius 3 is 1.40 bits per heavy atom. The van der Waals surface area contributed by atoms with Crippen LogP contribution in [0.3, 0.4) is 0 Å². The summed E-state index contributed by atoms with van der Waals surface area (Å²) < 4.78 is 50.8. The van der Waals surface area contributed by atoms with Crippen LogP contribution in [0.1, 0.15) is 185 Å². The number of halogens is 3. The summed E-state index contributed by atoms with van der Waals surface area (Å²) in [5, 5.41) is 46.9. The first-order valence-electron chi connectivity index (χ1n) is 39.7. The van der Waals surface area contributed by atoms with Crippen LogP contribution in [-0.2, 0) is 112 Å². The zero-order valence-electron chi connectivity index (χ0n) is 72.0. The van der Waals surface area contributed by atoms with Gasteiger partial charge in [0.1, 0.15) is 34.3 Å². The fraction of sp³-hybridized carbons (Fsp3) is 0.506. The molecule has 1 radical (unpaired) electrons. The molecule has 1 atom stereocenters. The maximum absolute atomic E-state index is 12.6. The van der Waals surface area contributed by atoms with Gasteiger partial charge >= 0.3 is 77.1 Å². The average Bonchev–Trinajstić information content (AvgIpc) is 1.60. The number of aromatic nitrogens is 5. The quantitative estimate of drug-likeness (QED) is 0.00823. The van der Waals surface area contributed by atoms with Crippen LogP contribution in [0.4, 0.5) is 15.8 Å². The first-order valence-corrected chi connectivity index (χ1v) is 40.5. The SMILES string of the molecule is C#CC(C)(C)O.CCOC(=O)C(C(=O)C1CC1)c1ccn(C)c(=O)c1[N+](=O)[O-].CCOC(=O)C1=C(C2CC2)Cc2c1c(Br)cn(C)c2=O.CCOC(=O)C1=C(C2CC2)Cc2c1c(C#CC(C)(C)O)cn(C)c2=O.CCOC(=O)C1=C(C2CC2)Cc2c1ccn(C)c2=O.CCOC(=O)CC(=O)C1CC1.CO.Cn1ccc(Cl)c([N+](=O)[O-])c1=O.[2H]CF.[B]=NS. The number of ketones is 2. The van der Waals surface area contributed by atoms with Crippen LogP contribution in [0, 0.1) is 74.0 Å². The molecule has 32 nitrogen and oxygen atoms in total. The Balaban J connectivity index is 0.000000305. The number of carbonyl (C=O) groups excluding carboxylic acids is 7. The molecule has 5 saturated carbocycles. The van der Waals surface area contributed by atoms with E-state index < -0.39 is 68.4 Å². The topological polar surface area (TPSA) is 435 Å². The molecule has 5 aromatic rings. The van der Waals surface area contributed by atoms with Crippen molar-refractivity contribution in [2.75, 3.05) is 47.3 Å². The zero-order chi connectivity index (χ0) is 93.0. The fourth-order valence-electron chi connectivity index (χ4n) is 12.8. The Bertz CT molecular complexity index is 5330. The van der Waals surface area contributed by atoms with Crippen molar-refractivity contribution in [2.24, 2.45) is 69.1 Å². The van der Waals surface area contributed by atoms with Crippen LogP contribution >= 0.6 is 40.3 Å². The van der Waals surface area contributed by atoms with Crippen molar-refractivity contribution in [3.63, 3.8) is 0 Å². The van der Waals surface area contributed by atoms with Gasteiger partial charge in [-0.05, 0) is 201 Å². The number of aliphatic hydroxyl groups is 3. The number of alkyl halides is 1. The van der Waals surface area contributed by atoms with Crippen LogP contribution in [0.25, 0.3) is 16.7 Å². The molecule has 1 unspecified atom stereocenters. The second kappa shape index (κ2) is 47.7. The van der Waals surface area contributed by atoms with E-state index in [1.807, 2.05) is 6.07 Å². The van der Waals surface area contributed by atoms with Gasteiger partial charge in [0.15, 0.2) is 5.78 Å². The van der Waals surface area contributed by atoms with Gasteiger partial charge in [0.25, 0.3) is 16.7 Å². The number of carbonyl (C=O) groups is 7. The van der Waals surface area contributed by atoms with Gasteiger partial charge in [0, 0.05) is 142 Å². The zero-order valence-corrected chi connectivity index (χ0v) is 74.2. The number of esters is 5. The molecule has 5 aromatic heterocycles. The van der Waals surface area contributed by atoms with Gasteiger partial charge in [0.05, 0.1) is 73.7 Å². The van der Waals surface area contributed by atoms with Crippen molar-refractivity contribution in [3.05, 3.63) is 192 Å². The summed E-state index contributed by atoms with van der Waals surface area (Å²) in [6.45, 7) is 16.4. The normalized spacial score (nSPS) is 14.9. The van der Waals surface area contributed by atoms with E-state index in [9.17, 15) is 87.3 Å². The number of terminal acetylenes is 1. The van der Waals surface area contributed by atoms with Crippen LogP contribution in [-0.4, -0.2) is 156 Å². The predicted octanol–water partition coefficient (Wildman–Crippen LogP) is 9.44. The van der Waals surface area contributed by atoms with Crippen LogP contribution < -0.4 is 27.8 Å². The van der Waals surface area contributed by atoms with E-state index in [2.05, 4.69) is 63.2 Å². The molecular formula is C85H105BBrClFN8O24S. The van der Waals surface area contributed by atoms with E-state index in [1.165, 1.54) is 43.2 Å². The first kappa shape index (κ1) is 102. The third-order valence-electron chi connectivity index (χ3n) is 19.2. The summed E-state index contributed by atoms with van der Waals surface area (Å²) in [5.74, 6) is 5.04. The first-order chi connectivity index (χ1) is 57.9. The van der Waals surface area contributed by atoms with Gasteiger partial charge in [-0.25, -0.2) is 14.4 Å². The minimum absolute atomic E-state index is 0.00468. The van der Waals surface area contributed by atoms with E-state index in [-0.39, 0.29) is 88.4 Å². The number of rotatable bonds is 20. The molecule has 3 N–H and O–H groups in total. The second-order valence-corrected chi connectivity index (χ2v) is 31.1. The number of aryl methyl sites for hydroxylation is 5. The van der Waals surface area contributed by atoms with E-state index >= 15 is 0 Å². The van der Waals surface area contributed by atoms with Crippen molar-refractivity contribution in [1.29, 1.82) is 0 Å². The molecule has 8 aliphatic carbocycles. The summed E-state index contributed by atoms with van der Waals surface area (Å²) in [6.07, 6.45) is 23.9. The van der Waals surface area contributed by atoms with Crippen molar-refractivity contribution >= 4 is 117 Å². The number of Topliss-reactive ketones (excluding diaryl/α,β-unsaturated/α-hetero) is 2. The van der Waals surface area contributed by atoms with Gasteiger partial charge < -0.3 is 61.8 Å². The van der Waals surface area contributed by atoms with E-state index in [4.69, 9.17) is 48.6 Å². The molecule has 0 aliphatic heterocycles. The number of thiol groups is 1. The monoisotopic (exact) mass is 1800 g/mol. The van der Waals surface area contributed by atoms with Gasteiger partial charge in [-0.1, -0.05) is 29.4 Å². The summed E-state index contributed by atoms with van der Waals surface area (Å²) in [5.41, 5.74) is 4.43. The van der Waals surface area contributed by atoms with E-state index in [1.54, 1.807) is 111 Å². The average molecular weight is 1800 g/mol. The molecule has 5 fully saturated rings. The Labute approximate surface area is 726 Å². The minimum atomic E-state index is -1.42. The molecule has 37 heteroatoms. The summed E-state index contributed by atoms with van der Waals surface area (Å²) >= 11 is 12.1. The van der Waals surface area contributed by atoms with Crippen molar-refractivity contribution in [3.8, 4) is 24.2 Å². The molecule has 0 aromatic carbocycles. The third kappa shape index (κ3) is 28.8. The summed E-state index contributed by atoms with van der Waals surface area (Å²) in [7, 11) is 12.3. The summed E-state index contributed by atoms with van der Waals surface area (Å²) in [6, 6.07) is 4.43.